The van der Waals surface area contributed by atoms with Crippen molar-refractivity contribution in [1.82, 2.24) is 5.32 Å². The van der Waals surface area contributed by atoms with Gasteiger partial charge in [-0.3, -0.25) is 0 Å². The Bertz CT molecular complexity index is 439. The Hall–Kier alpha value is -1.09. The molecule has 1 saturated carbocycles. The van der Waals surface area contributed by atoms with Gasteiger partial charge in [-0.05, 0) is 37.9 Å². The molecule has 0 aromatic heterocycles. The summed E-state index contributed by atoms with van der Waals surface area (Å²) in [7, 11) is 2.07. The highest BCUT2D eigenvalue weighted by Crippen LogP contribution is 2.33. The van der Waals surface area contributed by atoms with Gasteiger partial charge in [0.2, 0.25) is 0 Å². The summed E-state index contributed by atoms with van der Waals surface area (Å²) in [6, 6.07) is 6.11. The lowest BCUT2D eigenvalue weighted by Gasteiger charge is -2.32. The van der Waals surface area contributed by atoms with Crippen molar-refractivity contribution in [2.45, 2.75) is 64.5 Å². The second-order valence-electron chi connectivity index (χ2n) is 6.21. The molecule has 1 aromatic carbocycles. The van der Waals surface area contributed by atoms with Crippen LogP contribution in [0.4, 0.5) is 10.1 Å². The molecule has 0 bridgehead atoms. The van der Waals surface area contributed by atoms with Gasteiger partial charge in [0.1, 0.15) is 5.82 Å². The number of rotatable bonds is 5. The van der Waals surface area contributed by atoms with Crippen LogP contribution in [0.3, 0.4) is 0 Å². The van der Waals surface area contributed by atoms with Crippen molar-refractivity contribution < 1.29 is 4.39 Å². The molecule has 1 aliphatic carbocycles. The third-order valence-electron chi connectivity index (χ3n) is 4.72. The van der Waals surface area contributed by atoms with Crippen molar-refractivity contribution in [3.63, 3.8) is 0 Å². The standard InChI is InChI=1S/C18H29FN2/c1-4-20-14(2)16-12-9-13-17(19)18(16)21(3)15-10-7-5-6-8-11-15/h9,12-15,20H,4-8,10-11H2,1-3H3. The molecule has 2 nitrogen and oxygen atoms in total. The van der Waals surface area contributed by atoms with Gasteiger partial charge in [0, 0.05) is 19.1 Å². The van der Waals surface area contributed by atoms with Crippen LogP contribution in [-0.4, -0.2) is 19.6 Å². The first-order valence-corrected chi connectivity index (χ1v) is 8.39. The third kappa shape index (κ3) is 3.97. The van der Waals surface area contributed by atoms with Gasteiger partial charge in [0.25, 0.3) is 0 Å². The summed E-state index contributed by atoms with van der Waals surface area (Å²) in [4.78, 5) is 2.20. The molecule has 0 heterocycles. The Kier molecular flexibility index (Phi) is 6.04. The predicted molar refractivity (Wildman–Crippen MR) is 88.4 cm³/mol. The summed E-state index contributed by atoms with van der Waals surface area (Å²) < 4.78 is 14.5. The van der Waals surface area contributed by atoms with Crippen LogP contribution in [0.1, 0.15) is 64.0 Å². The number of hydrogen-bond donors (Lipinski definition) is 1. The summed E-state index contributed by atoms with van der Waals surface area (Å²) in [5.41, 5.74) is 1.86. The maximum atomic E-state index is 14.5. The predicted octanol–water partition coefficient (Wildman–Crippen LogP) is 4.66. The molecule has 1 aromatic rings. The molecule has 2 rings (SSSR count). The fourth-order valence-corrected chi connectivity index (χ4v) is 3.50. The minimum atomic E-state index is -0.0935. The molecule has 21 heavy (non-hydrogen) atoms. The number of para-hydroxylation sites is 1. The molecule has 1 N–H and O–H groups in total. The van der Waals surface area contributed by atoms with E-state index >= 15 is 0 Å². The first kappa shape index (κ1) is 16.3. The zero-order valence-corrected chi connectivity index (χ0v) is 13.7. The average molecular weight is 292 g/mol. The SMILES string of the molecule is CCNC(C)c1cccc(F)c1N(C)C1CCCCCC1. The van der Waals surface area contributed by atoms with Crippen LogP contribution in [0, 0.1) is 5.82 Å². The zero-order chi connectivity index (χ0) is 15.2. The summed E-state index contributed by atoms with van der Waals surface area (Å²) >= 11 is 0. The first-order chi connectivity index (χ1) is 10.1. The Labute approximate surface area is 128 Å². The Morgan fingerprint density at radius 3 is 2.52 bits per heavy atom. The molecular weight excluding hydrogens is 263 g/mol. The maximum absolute atomic E-state index is 14.5. The number of nitrogens with zero attached hydrogens (tertiary/aromatic N) is 1. The van der Waals surface area contributed by atoms with Gasteiger partial charge in [0.15, 0.2) is 0 Å². The molecule has 0 saturated heterocycles. The Balaban J connectivity index is 2.27. The van der Waals surface area contributed by atoms with Gasteiger partial charge in [-0.15, -0.1) is 0 Å². The van der Waals surface area contributed by atoms with E-state index in [9.17, 15) is 4.39 Å². The van der Waals surface area contributed by atoms with Crippen LogP contribution in [0.25, 0.3) is 0 Å². The van der Waals surface area contributed by atoms with E-state index in [2.05, 4.69) is 37.2 Å². The quantitative estimate of drug-likeness (QED) is 0.794. The lowest BCUT2D eigenvalue weighted by molar-refractivity contribution is 0.527. The number of nitrogens with one attached hydrogen (secondary N) is 1. The van der Waals surface area contributed by atoms with Gasteiger partial charge in [-0.1, -0.05) is 44.7 Å². The highest BCUT2D eigenvalue weighted by molar-refractivity contribution is 5.56. The molecular formula is C18H29FN2. The van der Waals surface area contributed by atoms with E-state index in [1.54, 1.807) is 6.07 Å². The summed E-state index contributed by atoms with van der Waals surface area (Å²) in [5, 5.41) is 3.41. The van der Waals surface area contributed by atoms with Crippen molar-refractivity contribution in [3.8, 4) is 0 Å². The molecule has 118 valence electrons. The van der Waals surface area contributed by atoms with Crippen LogP contribution in [-0.2, 0) is 0 Å². The van der Waals surface area contributed by atoms with Crippen LogP contribution >= 0.6 is 0 Å². The smallest absolute Gasteiger partial charge is 0.146 e. The lowest BCUT2D eigenvalue weighted by atomic mass is 10.0. The monoisotopic (exact) mass is 292 g/mol. The van der Waals surface area contributed by atoms with Gasteiger partial charge in [-0.2, -0.15) is 0 Å². The zero-order valence-electron chi connectivity index (χ0n) is 13.7. The van der Waals surface area contributed by atoms with Gasteiger partial charge < -0.3 is 10.2 Å². The second-order valence-corrected chi connectivity index (χ2v) is 6.21. The second kappa shape index (κ2) is 7.79. The van der Waals surface area contributed by atoms with Gasteiger partial charge in [0.05, 0.1) is 5.69 Å². The number of halogens is 1. The Morgan fingerprint density at radius 2 is 1.90 bits per heavy atom. The van der Waals surface area contributed by atoms with E-state index in [0.29, 0.717) is 6.04 Å². The van der Waals surface area contributed by atoms with Crippen molar-refractivity contribution in [3.05, 3.63) is 29.6 Å². The fraction of sp³-hybridized carbons (Fsp3) is 0.667. The van der Waals surface area contributed by atoms with Crippen LogP contribution in [0.5, 0.6) is 0 Å². The molecule has 1 aliphatic rings. The van der Waals surface area contributed by atoms with Crippen molar-refractivity contribution in [2.75, 3.05) is 18.5 Å². The van der Waals surface area contributed by atoms with E-state index in [1.165, 1.54) is 38.5 Å². The lowest BCUT2D eigenvalue weighted by Crippen LogP contribution is -2.33. The van der Waals surface area contributed by atoms with Gasteiger partial charge in [-0.25, -0.2) is 4.39 Å². The topological polar surface area (TPSA) is 15.3 Å². The van der Waals surface area contributed by atoms with Crippen LogP contribution in [0.2, 0.25) is 0 Å². The molecule has 1 atom stereocenters. The molecule has 0 spiro atoms. The van der Waals surface area contributed by atoms with Crippen molar-refractivity contribution >= 4 is 5.69 Å². The minimum Gasteiger partial charge on any atom is -0.369 e. The molecule has 1 fully saturated rings. The summed E-state index contributed by atoms with van der Waals surface area (Å²) in [6.07, 6.45) is 7.54. The van der Waals surface area contributed by atoms with Crippen LogP contribution < -0.4 is 10.2 Å². The number of hydrogen-bond acceptors (Lipinski definition) is 2. The summed E-state index contributed by atoms with van der Waals surface area (Å²) in [6.45, 7) is 5.09. The molecule has 1 unspecified atom stereocenters. The van der Waals surface area contributed by atoms with E-state index < -0.39 is 0 Å². The van der Waals surface area contributed by atoms with E-state index in [4.69, 9.17) is 0 Å². The van der Waals surface area contributed by atoms with Gasteiger partial charge >= 0.3 is 0 Å². The molecule has 0 aliphatic heterocycles. The molecule has 3 heteroatoms. The number of anilines is 1. The average Bonchev–Trinajstić information content (AvgIpc) is 2.75. The fourth-order valence-electron chi connectivity index (χ4n) is 3.50. The van der Waals surface area contributed by atoms with E-state index in [1.807, 2.05) is 6.07 Å². The Morgan fingerprint density at radius 1 is 1.24 bits per heavy atom. The third-order valence-corrected chi connectivity index (χ3v) is 4.72. The minimum absolute atomic E-state index is 0.0935. The maximum Gasteiger partial charge on any atom is 0.146 e. The van der Waals surface area contributed by atoms with Crippen molar-refractivity contribution in [1.29, 1.82) is 0 Å². The highest BCUT2D eigenvalue weighted by Gasteiger charge is 2.23. The van der Waals surface area contributed by atoms with Crippen LogP contribution in [0.15, 0.2) is 18.2 Å². The van der Waals surface area contributed by atoms with Crippen molar-refractivity contribution in [2.24, 2.45) is 0 Å². The van der Waals surface area contributed by atoms with E-state index in [-0.39, 0.29) is 11.9 Å². The highest BCUT2D eigenvalue weighted by atomic mass is 19.1. The molecule has 0 amide bonds. The summed E-state index contributed by atoms with van der Waals surface area (Å²) in [5.74, 6) is -0.0935. The first-order valence-electron chi connectivity index (χ1n) is 8.39. The normalized spacial score (nSPS) is 18.3. The number of benzene rings is 1. The molecule has 0 radical (unpaired) electrons. The van der Waals surface area contributed by atoms with E-state index in [0.717, 1.165) is 17.8 Å². The largest absolute Gasteiger partial charge is 0.369 e.